The summed E-state index contributed by atoms with van der Waals surface area (Å²) in [5.74, 6) is 2.32. The number of rotatable bonds is 3. The highest BCUT2D eigenvalue weighted by Gasteiger charge is 2.32. The van der Waals surface area contributed by atoms with Crippen molar-refractivity contribution in [1.29, 1.82) is 0 Å². The van der Waals surface area contributed by atoms with Gasteiger partial charge in [0.05, 0.1) is 16.4 Å². The molecule has 0 amide bonds. The summed E-state index contributed by atoms with van der Waals surface area (Å²) in [5.41, 5.74) is 2.10. The van der Waals surface area contributed by atoms with Crippen molar-refractivity contribution in [3.8, 4) is 5.69 Å². The van der Waals surface area contributed by atoms with E-state index < -0.39 is 0 Å². The van der Waals surface area contributed by atoms with Gasteiger partial charge in [0.2, 0.25) is 0 Å². The van der Waals surface area contributed by atoms with Crippen LogP contribution in [0.1, 0.15) is 20.3 Å². The summed E-state index contributed by atoms with van der Waals surface area (Å²) in [6.07, 6.45) is 2.78. The maximum atomic E-state index is 6.34. The topological polar surface area (TPSA) is 55.6 Å². The summed E-state index contributed by atoms with van der Waals surface area (Å²) in [7, 11) is 0. The molecule has 2 aromatic rings. The molecule has 1 unspecified atom stereocenters. The Hall–Kier alpha value is -1.27. The first kappa shape index (κ1) is 14.7. The molecule has 2 heterocycles. The average Bonchev–Trinajstić information content (AvgIpc) is 2.97. The minimum Gasteiger partial charge on any atom is -0.380 e. The minimum atomic E-state index is 0.263. The summed E-state index contributed by atoms with van der Waals surface area (Å²) >= 11 is 8.33. The van der Waals surface area contributed by atoms with Gasteiger partial charge in [-0.15, -0.1) is 5.10 Å². The highest BCUT2D eigenvalue weighted by Crippen LogP contribution is 2.37. The standard InChI is InChI=1S/C14H18ClN5S/c1-14(2)5-6-21-8-13(14)17-12-7-10(3-4-11(12)15)20-9-16-18-19-20/h3-4,7,9,13,17H,5-6,8H2,1-2H3. The van der Waals surface area contributed by atoms with E-state index >= 15 is 0 Å². The van der Waals surface area contributed by atoms with E-state index in [4.69, 9.17) is 11.6 Å². The second kappa shape index (κ2) is 5.85. The molecule has 3 rings (SSSR count). The third kappa shape index (κ3) is 3.16. The first-order valence-corrected chi connectivity index (χ1v) is 8.47. The molecular formula is C14H18ClN5S. The first-order valence-electron chi connectivity index (χ1n) is 6.93. The molecule has 1 N–H and O–H groups in total. The predicted octanol–water partition coefficient (Wildman–Crippen LogP) is 3.26. The van der Waals surface area contributed by atoms with Crippen molar-refractivity contribution >= 4 is 29.1 Å². The Balaban J connectivity index is 1.86. The number of hydrogen-bond acceptors (Lipinski definition) is 5. The first-order chi connectivity index (χ1) is 10.1. The van der Waals surface area contributed by atoms with Crippen molar-refractivity contribution in [2.75, 3.05) is 16.8 Å². The van der Waals surface area contributed by atoms with E-state index in [1.807, 2.05) is 30.0 Å². The molecule has 21 heavy (non-hydrogen) atoms. The monoisotopic (exact) mass is 323 g/mol. The van der Waals surface area contributed by atoms with Crippen molar-refractivity contribution in [1.82, 2.24) is 20.2 Å². The molecule has 7 heteroatoms. The van der Waals surface area contributed by atoms with Crippen LogP contribution in [0.2, 0.25) is 5.02 Å². The molecule has 5 nitrogen and oxygen atoms in total. The number of tetrazole rings is 1. The Morgan fingerprint density at radius 3 is 3.00 bits per heavy atom. The molecule has 0 bridgehead atoms. The van der Waals surface area contributed by atoms with Crippen molar-refractivity contribution in [3.05, 3.63) is 29.5 Å². The SMILES string of the molecule is CC1(C)CCSCC1Nc1cc(-n2cnnn2)ccc1Cl. The van der Waals surface area contributed by atoms with Crippen LogP contribution in [0, 0.1) is 5.41 Å². The van der Waals surface area contributed by atoms with Crippen LogP contribution in [0.25, 0.3) is 5.69 Å². The Labute approximate surface area is 133 Å². The second-order valence-corrected chi connectivity index (χ2v) is 7.49. The molecule has 0 radical (unpaired) electrons. The van der Waals surface area contributed by atoms with Crippen molar-refractivity contribution in [3.63, 3.8) is 0 Å². The number of hydrogen-bond donors (Lipinski definition) is 1. The maximum absolute atomic E-state index is 6.34. The number of aromatic nitrogens is 4. The average molecular weight is 324 g/mol. The molecular weight excluding hydrogens is 306 g/mol. The fraction of sp³-hybridized carbons (Fsp3) is 0.500. The van der Waals surface area contributed by atoms with E-state index in [-0.39, 0.29) is 5.41 Å². The molecule has 112 valence electrons. The molecule has 1 aromatic heterocycles. The van der Waals surface area contributed by atoms with Gasteiger partial charge in [0.25, 0.3) is 0 Å². The number of nitrogens with one attached hydrogen (secondary N) is 1. The van der Waals surface area contributed by atoms with E-state index in [0.717, 1.165) is 22.2 Å². The number of anilines is 1. The molecule has 1 aliphatic heterocycles. The van der Waals surface area contributed by atoms with Crippen LogP contribution in [0.3, 0.4) is 0 Å². The van der Waals surface area contributed by atoms with E-state index in [0.29, 0.717) is 6.04 Å². The van der Waals surface area contributed by atoms with Gasteiger partial charge >= 0.3 is 0 Å². The lowest BCUT2D eigenvalue weighted by Gasteiger charge is -2.39. The lowest BCUT2D eigenvalue weighted by atomic mass is 9.82. The molecule has 1 aliphatic rings. The van der Waals surface area contributed by atoms with Gasteiger partial charge in [-0.2, -0.15) is 11.8 Å². The summed E-state index contributed by atoms with van der Waals surface area (Å²) in [6.45, 7) is 4.62. The highest BCUT2D eigenvalue weighted by atomic mass is 35.5. The van der Waals surface area contributed by atoms with E-state index in [1.54, 1.807) is 11.0 Å². The minimum absolute atomic E-state index is 0.263. The smallest absolute Gasteiger partial charge is 0.143 e. The summed E-state index contributed by atoms with van der Waals surface area (Å²) < 4.78 is 1.63. The van der Waals surface area contributed by atoms with Crippen LogP contribution in [-0.4, -0.2) is 37.8 Å². The van der Waals surface area contributed by atoms with Crippen molar-refractivity contribution in [2.45, 2.75) is 26.3 Å². The van der Waals surface area contributed by atoms with Gasteiger partial charge < -0.3 is 5.32 Å². The quantitative estimate of drug-likeness (QED) is 0.939. The zero-order chi connectivity index (χ0) is 14.9. The van der Waals surface area contributed by atoms with Gasteiger partial charge in [-0.1, -0.05) is 25.4 Å². The summed E-state index contributed by atoms with van der Waals surface area (Å²) in [5, 5.41) is 15.6. The normalized spacial score (nSPS) is 21.2. The van der Waals surface area contributed by atoms with Crippen LogP contribution in [0.4, 0.5) is 5.69 Å². The highest BCUT2D eigenvalue weighted by molar-refractivity contribution is 7.99. The van der Waals surface area contributed by atoms with Crippen LogP contribution in [0.5, 0.6) is 0 Å². The van der Waals surface area contributed by atoms with E-state index in [9.17, 15) is 0 Å². The van der Waals surface area contributed by atoms with Crippen LogP contribution < -0.4 is 5.32 Å². The number of thioether (sulfide) groups is 1. The van der Waals surface area contributed by atoms with Crippen LogP contribution in [-0.2, 0) is 0 Å². The molecule has 1 saturated heterocycles. The molecule has 1 atom stereocenters. The van der Waals surface area contributed by atoms with Gasteiger partial charge in [0.15, 0.2) is 0 Å². The largest absolute Gasteiger partial charge is 0.380 e. The van der Waals surface area contributed by atoms with Crippen LogP contribution >= 0.6 is 23.4 Å². The Kier molecular flexibility index (Phi) is 4.08. The molecule has 1 aromatic carbocycles. The van der Waals surface area contributed by atoms with Gasteiger partial charge in [-0.25, -0.2) is 4.68 Å². The zero-order valence-electron chi connectivity index (χ0n) is 12.1. The van der Waals surface area contributed by atoms with Gasteiger partial charge in [0, 0.05) is 11.8 Å². The lowest BCUT2D eigenvalue weighted by Crippen LogP contribution is -2.41. The van der Waals surface area contributed by atoms with Gasteiger partial charge in [0.1, 0.15) is 6.33 Å². The molecule has 0 saturated carbocycles. The van der Waals surface area contributed by atoms with Crippen LogP contribution in [0.15, 0.2) is 24.5 Å². The Bertz CT molecular complexity index is 614. The Morgan fingerprint density at radius 1 is 1.43 bits per heavy atom. The van der Waals surface area contributed by atoms with Crippen molar-refractivity contribution in [2.24, 2.45) is 5.41 Å². The number of halogens is 1. The van der Waals surface area contributed by atoms with Gasteiger partial charge in [-0.3, -0.25) is 0 Å². The number of benzene rings is 1. The van der Waals surface area contributed by atoms with Gasteiger partial charge in [-0.05, 0) is 46.2 Å². The molecule has 0 aliphatic carbocycles. The van der Waals surface area contributed by atoms with Crippen molar-refractivity contribution < 1.29 is 0 Å². The second-order valence-electron chi connectivity index (χ2n) is 5.93. The fourth-order valence-corrected chi connectivity index (χ4v) is 4.19. The zero-order valence-corrected chi connectivity index (χ0v) is 13.7. The maximum Gasteiger partial charge on any atom is 0.143 e. The third-order valence-electron chi connectivity index (χ3n) is 4.01. The fourth-order valence-electron chi connectivity index (χ4n) is 2.41. The third-order valence-corrected chi connectivity index (χ3v) is 5.40. The summed E-state index contributed by atoms with van der Waals surface area (Å²) in [6, 6.07) is 6.18. The van der Waals surface area contributed by atoms with E-state index in [1.165, 1.54) is 12.2 Å². The lowest BCUT2D eigenvalue weighted by molar-refractivity contribution is 0.305. The van der Waals surface area contributed by atoms with E-state index in [2.05, 4.69) is 34.7 Å². The molecule has 0 spiro atoms. The molecule has 1 fully saturated rings. The summed E-state index contributed by atoms with van der Waals surface area (Å²) in [4.78, 5) is 0. The predicted molar refractivity (Wildman–Crippen MR) is 87.3 cm³/mol. The number of nitrogens with zero attached hydrogens (tertiary/aromatic N) is 4. The Morgan fingerprint density at radius 2 is 2.29 bits per heavy atom.